The molecule has 3 aromatic carbocycles. The average Bonchev–Trinajstić information content (AvgIpc) is 2.92. The molecule has 0 saturated heterocycles. The zero-order valence-corrected chi connectivity index (χ0v) is 25.8. The molecule has 1 N–H and O–H groups in total. The number of rotatable bonds is 13. The van der Waals surface area contributed by atoms with Gasteiger partial charge in [-0.15, -0.1) is 0 Å². The van der Waals surface area contributed by atoms with Crippen molar-refractivity contribution in [3.05, 3.63) is 94.0 Å². The van der Waals surface area contributed by atoms with Gasteiger partial charge in [0.1, 0.15) is 24.9 Å². The molecule has 1 atom stereocenters. The lowest BCUT2D eigenvalue weighted by Gasteiger charge is -2.33. The molecule has 0 radical (unpaired) electrons. The maximum atomic E-state index is 13.8. The normalized spacial score (nSPS) is 12.1. The number of anilines is 1. The number of ether oxygens (including phenoxy) is 1. The molecule has 11 heteroatoms. The summed E-state index contributed by atoms with van der Waals surface area (Å²) in [6.45, 7) is 5.33. The number of sulfonamides is 1. The Kier molecular flexibility index (Phi) is 11.5. The van der Waals surface area contributed by atoms with Gasteiger partial charge in [-0.1, -0.05) is 66.5 Å². The van der Waals surface area contributed by atoms with Crippen molar-refractivity contribution in [2.24, 2.45) is 0 Å². The van der Waals surface area contributed by atoms with Crippen LogP contribution in [0.2, 0.25) is 10.0 Å². The molecule has 0 aromatic heterocycles. The Morgan fingerprint density at radius 3 is 2.15 bits per heavy atom. The second kappa shape index (κ2) is 14.6. The number of carbonyl (C=O) groups excluding carboxylic acids is 2. The molecule has 0 spiro atoms. The van der Waals surface area contributed by atoms with Crippen LogP contribution in [0.4, 0.5) is 5.69 Å². The lowest BCUT2D eigenvalue weighted by atomic mass is 10.1. The van der Waals surface area contributed by atoms with Crippen LogP contribution in [-0.4, -0.2) is 50.0 Å². The van der Waals surface area contributed by atoms with Gasteiger partial charge in [0.15, 0.2) is 0 Å². The monoisotopic (exact) mass is 619 g/mol. The van der Waals surface area contributed by atoms with Gasteiger partial charge < -0.3 is 15.0 Å². The van der Waals surface area contributed by atoms with Crippen LogP contribution in [0, 0.1) is 0 Å². The molecule has 220 valence electrons. The molecule has 0 unspecified atom stereocenters. The van der Waals surface area contributed by atoms with Gasteiger partial charge >= 0.3 is 0 Å². The van der Waals surface area contributed by atoms with Gasteiger partial charge in [0.2, 0.25) is 21.8 Å². The SMILES string of the molecule is CC[C@@H](C(=O)NC(C)C)N(Cc1ccc(Cl)c(Cl)c1)C(=O)CN(c1ccc(OCc2ccccc2)cc1)S(C)(=O)=O. The van der Waals surface area contributed by atoms with E-state index in [1.54, 1.807) is 49.4 Å². The summed E-state index contributed by atoms with van der Waals surface area (Å²) in [6.07, 6.45) is 1.35. The van der Waals surface area contributed by atoms with Gasteiger partial charge in [-0.25, -0.2) is 8.42 Å². The van der Waals surface area contributed by atoms with Crippen molar-refractivity contribution in [2.45, 2.75) is 52.4 Å². The first-order valence-corrected chi connectivity index (χ1v) is 15.8. The first-order chi connectivity index (χ1) is 19.4. The molecule has 0 saturated carbocycles. The predicted molar refractivity (Wildman–Crippen MR) is 164 cm³/mol. The van der Waals surface area contributed by atoms with Crippen LogP contribution >= 0.6 is 23.2 Å². The van der Waals surface area contributed by atoms with Crippen LogP contribution in [0.15, 0.2) is 72.8 Å². The molecular formula is C30H35Cl2N3O5S. The van der Waals surface area contributed by atoms with Crippen molar-refractivity contribution in [1.82, 2.24) is 10.2 Å². The maximum absolute atomic E-state index is 13.8. The first-order valence-electron chi connectivity index (χ1n) is 13.2. The summed E-state index contributed by atoms with van der Waals surface area (Å²) in [5.74, 6) is -0.326. The van der Waals surface area contributed by atoms with E-state index in [1.807, 2.05) is 44.2 Å². The predicted octanol–water partition coefficient (Wildman–Crippen LogP) is 5.67. The van der Waals surface area contributed by atoms with Gasteiger partial charge in [0.05, 0.1) is 22.0 Å². The van der Waals surface area contributed by atoms with E-state index in [9.17, 15) is 18.0 Å². The van der Waals surface area contributed by atoms with E-state index in [0.717, 1.165) is 16.1 Å². The minimum absolute atomic E-state index is 0.0314. The molecule has 0 aliphatic rings. The van der Waals surface area contributed by atoms with Crippen LogP contribution in [-0.2, 0) is 32.8 Å². The Morgan fingerprint density at radius 1 is 0.927 bits per heavy atom. The molecule has 0 bridgehead atoms. The zero-order chi connectivity index (χ0) is 30.2. The van der Waals surface area contributed by atoms with E-state index >= 15 is 0 Å². The highest BCUT2D eigenvalue weighted by Crippen LogP contribution is 2.26. The standard InChI is InChI=1S/C30H35Cl2N3O5S/c1-5-28(30(37)33-21(2)3)34(18-23-11-16-26(31)27(32)17-23)29(36)19-35(41(4,38)39)24-12-14-25(15-13-24)40-20-22-9-7-6-8-10-22/h6-17,21,28H,5,18-20H2,1-4H3,(H,33,37)/t28-/m0/s1. The quantitative estimate of drug-likeness (QED) is 0.266. The summed E-state index contributed by atoms with van der Waals surface area (Å²) in [5, 5.41) is 3.52. The molecular weight excluding hydrogens is 585 g/mol. The minimum atomic E-state index is -3.87. The largest absolute Gasteiger partial charge is 0.489 e. The van der Waals surface area contributed by atoms with E-state index < -0.39 is 28.5 Å². The van der Waals surface area contributed by atoms with Gasteiger partial charge in [0.25, 0.3) is 0 Å². The van der Waals surface area contributed by atoms with Crippen LogP contribution in [0.5, 0.6) is 5.75 Å². The number of hydrogen-bond acceptors (Lipinski definition) is 5. The van der Waals surface area contributed by atoms with E-state index in [-0.39, 0.29) is 18.5 Å². The number of halogens is 2. The highest BCUT2D eigenvalue weighted by atomic mass is 35.5. The molecule has 0 fully saturated rings. The number of benzene rings is 3. The third-order valence-electron chi connectivity index (χ3n) is 6.21. The third-order valence-corrected chi connectivity index (χ3v) is 8.09. The third kappa shape index (κ3) is 9.38. The Hall–Kier alpha value is -3.27. The summed E-state index contributed by atoms with van der Waals surface area (Å²) >= 11 is 12.3. The molecule has 3 aromatic rings. The Morgan fingerprint density at radius 2 is 1.59 bits per heavy atom. The van der Waals surface area contributed by atoms with Crippen molar-refractivity contribution in [1.29, 1.82) is 0 Å². The molecule has 8 nitrogen and oxygen atoms in total. The topological polar surface area (TPSA) is 96.0 Å². The lowest BCUT2D eigenvalue weighted by Crippen LogP contribution is -2.53. The van der Waals surface area contributed by atoms with E-state index in [1.165, 1.54) is 4.90 Å². The van der Waals surface area contributed by atoms with E-state index in [0.29, 0.717) is 40.1 Å². The fraction of sp³-hybridized carbons (Fsp3) is 0.333. The van der Waals surface area contributed by atoms with Crippen LogP contribution in [0.25, 0.3) is 0 Å². The van der Waals surface area contributed by atoms with Crippen LogP contribution < -0.4 is 14.4 Å². The zero-order valence-electron chi connectivity index (χ0n) is 23.5. The average molecular weight is 621 g/mol. The van der Waals surface area contributed by atoms with Gasteiger partial charge in [0, 0.05) is 12.6 Å². The Bertz CT molecular complexity index is 1430. The molecule has 0 heterocycles. The Labute approximate surface area is 252 Å². The van der Waals surface area contributed by atoms with Crippen molar-refractivity contribution in [3.8, 4) is 5.75 Å². The molecule has 0 aliphatic carbocycles. The summed E-state index contributed by atoms with van der Waals surface area (Å²) < 4.78 is 32.5. The second-order valence-electron chi connectivity index (χ2n) is 9.90. The smallest absolute Gasteiger partial charge is 0.244 e. The molecule has 41 heavy (non-hydrogen) atoms. The summed E-state index contributed by atoms with van der Waals surface area (Å²) in [7, 11) is -3.87. The first kappa shape index (κ1) is 32.2. The summed E-state index contributed by atoms with van der Waals surface area (Å²) in [4.78, 5) is 28.3. The van der Waals surface area contributed by atoms with Crippen molar-refractivity contribution in [2.75, 3.05) is 17.1 Å². The van der Waals surface area contributed by atoms with Gasteiger partial charge in [-0.2, -0.15) is 0 Å². The second-order valence-corrected chi connectivity index (χ2v) is 12.6. The highest BCUT2D eigenvalue weighted by Gasteiger charge is 2.32. The molecule has 3 rings (SSSR count). The number of carbonyl (C=O) groups is 2. The van der Waals surface area contributed by atoms with E-state index in [2.05, 4.69) is 5.32 Å². The van der Waals surface area contributed by atoms with Gasteiger partial charge in [-0.3, -0.25) is 13.9 Å². The summed E-state index contributed by atoms with van der Waals surface area (Å²) in [6, 6.07) is 20.1. The van der Waals surface area contributed by atoms with Crippen molar-refractivity contribution < 1.29 is 22.7 Å². The van der Waals surface area contributed by atoms with E-state index in [4.69, 9.17) is 27.9 Å². The molecule has 0 aliphatic heterocycles. The van der Waals surface area contributed by atoms with Gasteiger partial charge in [-0.05, 0) is 67.8 Å². The summed E-state index contributed by atoms with van der Waals surface area (Å²) in [5.41, 5.74) is 1.94. The number of hydrogen-bond donors (Lipinski definition) is 1. The van der Waals surface area contributed by atoms with Crippen LogP contribution in [0.1, 0.15) is 38.3 Å². The maximum Gasteiger partial charge on any atom is 0.244 e. The number of nitrogens with zero attached hydrogens (tertiary/aromatic N) is 2. The number of nitrogens with one attached hydrogen (secondary N) is 1. The van der Waals surface area contributed by atoms with Crippen molar-refractivity contribution in [3.63, 3.8) is 0 Å². The fourth-order valence-corrected chi connectivity index (χ4v) is 5.37. The number of amides is 2. The fourth-order valence-electron chi connectivity index (χ4n) is 4.20. The van der Waals surface area contributed by atoms with Crippen molar-refractivity contribution >= 4 is 50.7 Å². The Balaban J connectivity index is 1.87. The molecule has 2 amide bonds. The van der Waals surface area contributed by atoms with Crippen LogP contribution in [0.3, 0.4) is 0 Å². The minimum Gasteiger partial charge on any atom is -0.489 e. The lowest BCUT2D eigenvalue weighted by molar-refractivity contribution is -0.140. The highest BCUT2D eigenvalue weighted by molar-refractivity contribution is 7.92.